The van der Waals surface area contributed by atoms with Crippen LogP contribution in [0.3, 0.4) is 0 Å². The molecule has 1 unspecified atom stereocenters. The molecule has 88 valence electrons. The Hall–Kier alpha value is -0.610. The first-order chi connectivity index (χ1) is 7.10. The summed E-state index contributed by atoms with van der Waals surface area (Å²) >= 11 is 0. The van der Waals surface area contributed by atoms with Gasteiger partial charge in [-0.2, -0.15) is 0 Å². The summed E-state index contributed by atoms with van der Waals surface area (Å²) in [7, 11) is 0. The van der Waals surface area contributed by atoms with Gasteiger partial charge in [0.25, 0.3) is 5.91 Å². The molecule has 0 aromatic carbocycles. The second-order valence-corrected chi connectivity index (χ2v) is 4.60. The Kier molecular flexibility index (Phi) is 4.54. The fourth-order valence-electron chi connectivity index (χ4n) is 1.83. The molecule has 1 heterocycles. The lowest BCUT2D eigenvalue weighted by atomic mass is 9.94. The molecule has 1 rings (SSSR count). The van der Waals surface area contributed by atoms with Crippen molar-refractivity contribution in [1.82, 2.24) is 10.8 Å². The molecule has 1 atom stereocenters. The standard InChI is InChI=1S/C11H22N2O2/c1-4-11(6-5-7-12-11)10(14)13-15-8-9(2)3/h9,12H,4-8H2,1-3H3,(H,13,14). The minimum Gasteiger partial charge on any atom is -0.303 e. The Morgan fingerprint density at radius 3 is 2.80 bits per heavy atom. The molecule has 1 aliphatic rings. The molecule has 1 fully saturated rings. The van der Waals surface area contributed by atoms with Gasteiger partial charge in [0.05, 0.1) is 12.1 Å². The van der Waals surface area contributed by atoms with Gasteiger partial charge in [-0.25, -0.2) is 5.48 Å². The third-order valence-electron chi connectivity index (χ3n) is 2.86. The summed E-state index contributed by atoms with van der Waals surface area (Å²) in [5.74, 6) is 0.405. The first kappa shape index (κ1) is 12.5. The monoisotopic (exact) mass is 214 g/mol. The van der Waals surface area contributed by atoms with E-state index in [0.29, 0.717) is 12.5 Å². The fraction of sp³-hybridized carbons (Fsp3) is 0.909. The van der Waals surface area contributed by atoms with Gasteiger partial charge in [-0.3, -0.25) is 9.63 Å². The lowest BCUT2D eigenvalue weighted by molar-refractivity contribution is -0.141. The minimum absolute atomic E-state index is 0.0249. The lowest BCUT2D eigenvalue weighted by Crippen LogP contribution is -2.53. The van der Waals surface area contributed by atoms with Crippen molar-refractivity contribution in [3.63, 3.8) is 0 Å². The van der Waals surface area contributed by atoms with E-state index in [1.807, 2.05) is 6.92 Å². The molecule has 0 aromatic heterocycles. The summed E-state index contributed by atoms with van der Waals surface area (Å²) in [6.45, 7) is 7.61. The van der Waals surface area contributed by atoms with E-state index >= 15 is 0 Å². The predicted molar refractivity (Wildman–Crippen MR) is 59.2 cm³/mol. The molecule has 1 saturated heterocycles. The van der Waals surface area contributed by atoms with Crippen molar-refractivity contribution in [1.29, 1.82) is 0 Å². The van der Waals surface area contributed by atoms with Crippen LogP contribution in [0.5, 0.6) is 0 Å². The van der Waals surface area contributed by atoms with Crippen LogP contribution >= 0.6 is 0 Å². The Morgan fingerprint density at radius 2 is 2.33 bits per heavy atom. The zero-order valence-electron chi connectivity index (χ0n) is 9.93. The van der Waals surface area contributed by atoms with Gasteiger partial charge < -0.3 is 5.32 Å². The average molecular weight is 214 g/mol. The highest BCUT2D eigenvalue weighted by molar-refractivity contribution is 5.85. The lowest BCUT2D eigenvalue weighted by Gasteiger charge is -2.26. The van der Waals surface area contributed by atoms with Crippen LogP contribution in [-0.2, 0) is 9.63 Å². The summed E-state index contributed by atoms with van der Waals surface area (Å²) in [6.07, 6.45) is 2.77. The van der Waals surface area contributed by atoms with Gasteiger partial charge in [0.2, 0.25) is 0 Å². The van der Waals surface area contributed by atoms with Gasteiger partial charge in [-0.1, -0.05) is 20.8 Å². The maximum atomic E-state index is 11.9. The van der Waals surface area contributed by atoms with Crippen LogP contribution in [-0.4, -0.2) is 24.6 Å². The maximum Gasteiger partial charge on any atom is 0.263 e. The van der Waals surface area contributed by atoms with E-state index in [0.717, 1.165) is 25.8 Å². The van der Waals surface area contributed by atoms with E-state index in [9.17, 15) is 4.79 Å². The SMILES string of the molecule is CCC1(C(=O)NOCC(C)C)CCCN1. The third-order valence-corrected chi connectivity index (χ3v) is 2.86. The Labute approximate surface area is 91.7 Å². The van der Waals surface area contributed by atoms with Gasteiger partial charge >= 0.3 is 0 Å². The maximum absolute atomic E-state index is 11.9. The average Bonchev–Trinajstić information content (AvgIpc) is 2.66. The zero-order valence-corrected chi connectivity index (χ0v) is 9.93. The van der Waals surface area contributed by atoms with E-state index < -0.39 is 5.54 Å². The first-order valence-corrected chi connectivity index (χ1v) is 5.78. The van der Waals surface area contributed by atoms with Gasteiger partial charge in [0, 0.05) is 0 Å². The molecule has 0 bridgehead atoms. The molecule has 1 aliphatic heterocycles. The molecule has 15 heavy (non-hydrogen) atoms. The van der Waals surface area contributed by atoms with Crippen LogP contribution in [0.2, 0.25) is 0 Å². The summed E-state index contributed by atoms with van der Waals surface area (Å²) in [6, 6.07) is 0. The Balaban J connectivity index is 2.37. The van der Waals surface area contributed by atoms with Crippen molar-refractivity contribution in [2.45, 2.75) is 45.6 Å². The van der Waals surface area contributed by atoms with Gasteiger partial charge in [0.15, 0.2) is 0 Å². The third kappa shape index (κ3) is 3.18. The van der Waals surface area contributed by atoms with Gasteiger partial charge in [0.1, 0.15) is 0 Å². The number of nitrogens with one attached hydrogen (secondary N) is 2. The smallest absolute Gasteiger partial charge is 0.263 e. The number of carbonyl (C=O) groups is 1. The minimum atomic E-state index is -0.392. The second kappa shape index (κ2) is 5.47. The number of hydrogen-bond donors (Lipinski definition) is 2. The highest BCUT2D eigenvalue weighted by atomic mass is 16.7. The zero-order chi connectivity index (χ0) is 11.3. The van der Waals surface area contributed by atoms with E-state index in [4.69, 9.17) is 4.84 Å². The molecule has 0 spiro atoms. The molecular weight excluding hydrogens is 192 g/mol. The van der Waals surface area contributed by atoms with E-state index in [1.54, 1.807) is 0 Å². The van der Waals surface area contributed by atoms with Crippen molar-refractivity contribution >= 4 is 5.91 Å². The van der Waals surface area contributed by atoms with Crippen LogP contribution in [0.25, 0.3) is 0 Å². The Morgan fingerprint density at radius 1 is 1.60 bits per heavy atom. The highest BCUT2D eigenvalue weighted by Crippen LogP contribution is 2.22. The molecule has 0 saturated carbocycles. The van der Waals surface area contributed by atoms with Crippen molar-refractivity contribution in [2.75, 3.05) is 13.2 Å². The topological polar surface area (TPSA) is 50.4 Å². The van der Waals surface area contributed by atoms with Gasteiger partial charge in [-0.05, 0) is 31.7 Å². The van der Waals surface area contributed by atoms with Crippen LogP contribution < -0.4 is 10.8 Å². The largest absolute Gasteiger partial charge is 0.303 e. The summed E-state index contributed by atoms with van der Waals surface area (Å²) in [4.78, 5) is 17.0. The van der Waals surface area contributed by atoms with Crippen LogP contribution in [0.15, 0.2) is 0 Å². The Bertz CT molecular complexity index is 211. The number of hydroxylamine groups is 1. The second-order valence-electron chi connectivity index (χ2n) is 4.60. The van der Waals surface area contributed by atoms with Crippen molar-refractivity contribution in [3.8, 4) is 0 Å². The molecular formula is C11H22N2O2. The molecule has 0 aliphatic carbocycles. The number of amides is 1. The normalized spacial score (nSPS) is 25.9. The van der Waals surface area contributed by atoms with Crippen LogP contribution in [0, 0.1) is 5.92 Å². The molecule has 0 radical (unpaired) electrons. The van der Waals surface area contributed by atoms with Crippen molar-refractivity contribution in [3.05, 3.63) is 0 Å². The number of hydrogen-bond acceptors (Lipinski definition) is 3. The summed E-state index contributed by atoms with van der Waals surface area (Å²) in [5, 5.41) is 3.27. The fourth-order valence-corrected chi connectivity index (χ4v) is 1.83. The molecule has 0 aromatic rings. The predicted octanol–water partition coefficient (Wildman–Crippen LogP) is 1.22. The molecule has 4 nitrogen and oxygen atoms in total. The van der Waals surface area contributed by atoms with Crippen molar-refractivity contribution in [2.24, 2.45) is 5.92 Å². The number of carbonyl (C=O) groups excluding carboxylic acids is 1. The first-order valence-electron chi connectivity index (χ1n) is 5.78. The van der Waals surface area contributed by atoms with Gasteiger partial charge in [-0.15, -0.1) is 0 Å². The quantitative estimate of drug-likeness (QED) is 0.677. The molecule has 2 N–H and O–H groups in total. The molecule has 4 heteroatoms. The van der Waals surface area contributed by atoms with Crippen molar-refractivity contribution < 1.29 is 9.63 Å². The highest BCUT2D eigenvalue weighted by Gasteiger charge is 2.39. The van der Waals surface area contributed by atoms with E-state index in [2.05, 4.69) is 24.6 Å². The van der Waals surface area contributed by atoms with Crippen LogP contribution in [0.4, 0.5) is 0 Å². The molecule has 1 amide bonds. The van der Waals surface area contributed by atoms with E-state index in [-0.39, 0.29) is 5.91 Å². The van der Waals surface area contributed by atoms with E-state index in [1.165, 1.54) is 0 Å². The summed E-state index contributed by atoms with van der Waals surface area (Å²) < 4.78 is 0. The summed E-state index contributed by atoms with van der Waals surface area (Å²) in [5.41, 5.74) is 2.15. The van der Waals surface area contributed by atoms with Crippen LogP contribution in [0.1, 0.15) is 40.0 Å². The number of rotatable bonds is 5.